The minimum atomic E-state index is -0.278. The molecule has 3 rings (SSSR count). The van der Waals surface area contributed by atoms with Gasteiger partial charge in [0.2, 0.25) is 0 Å². The van der Waals surface area contributed by atoms with Gasteiger partial charge < -0.3 is 16.0 Å². The fourth-order valence-corrected chi connectivity index (χ4v) is 6.08. The van der Waals surface area contributed by atoms with E-state index in [2.05, 4.69) is 44.9 Å². The number of hydrogen-bond donors (Lipinski definition) is 2. The third-order valence-corrected chi connectivity index (χ3v) is 8.77. The molecule has 212 valence electrons. The number of aromatic hydroxyl groups is 1. The summed E-state index contributed by atoms with van der Waals surface area (Å²) < 4.78 is 10.9. The summed E-state index contributed by atoms with van der Waals surface area (Å²) in [5.74, 6) is 2.04. The molecule has 0 radical (unpaired) electrons. The average Bonchev–Trinajstić information content (AvgIpc) is 3.46. The molecule has 0 aliphatic rings. The van der Waals surface area contributed by atoms with Gasteiger partial charge in [0, 0.05) is 21.5 Å². The van der Waals surface area contributed by atoms with E-state index < -0.39 is 0 Å². The number of H-pyrrole nitrogens is 1. The number of carbonyl (C=O) groups is 2. The quantitative estimate of drug-likeness (QED) is 0.0837. The molecule has 0 saturated heterocycles. The van der Waals surface area contributed by atoms with Crippen molar-refractivity contribution >= 4 is 35.3 Å². The molecule has 0 amide bonds. The number of ketones is 1. The van der Waals surface area contributed by atoms with Crippen LogP contribution in [0.3, 0.4) is 0 Å². The monoisotopic (exact) mass is 596 g/mol. The number of benzene rings is 2. The Morgan fingerprint density at radius 1 is 1.18 bits per heavy atom. The minimum absolute atomic E-state index is 0. The van der Waals surface area contributed by atoms with Crippen LogP contribution in [-0.4, -0.2) is 62.2 Å². The second-order valence-electron chi connectivity index (χ2n) is 9.13. The summed E-state index contributed by atoms with van der Waals surface area (Å²) in [5, 5.41) is 24.6. The zero-order valence-electron chi connectivity index (χ0n) is 24.8. The number of thioether (sulfide) groups is 2. The normalized spacial score (nSPS) is 12.3. The van der Waals surface area contributed by atoms with Gasteiger partial charge in [-0.15, -0.1) is 33.7 Å². The summed E-state index contributed by atoms with van der Waals surface area (Å²) in [6.07, 6.45) is 3.04. The number of aromatic nitrogens is 4. The van der Waals surface area contributed by atoms with Crippen molar-refractivity contribution in [3.05, 3.63) is 58.9 Å². The summed E-state index contributed by atoms with van der Waals surface area (Å²) in [5.41, 5.74) is 2.17. The van der Waals surface area contributed by atoms with Crippen molar-refractivity contribution in [1.29, 1.82) is 0 Å². The van der Waals surface area contributed by atoms with E-state index in [0.717, 1.165) is 29.1 Å². The first-order valence-corrected chi connectivity index (χ1v) is 15.0. The Kier molecular flexibility index (Phi) is 15.1. The van der Waals surface area contributed by atoms with Crippen LogP contribution in [0.5, 0.6) is 11.5 Å². The van der Waals surface area contributed by atoms with E-state index in [1.54, 1.807) is 35.7 Å². The van der Waals surface area contributed by atoms with Gasteiger partial charge in [0.15, 0.2) is 11.6 Å². The Hall–Kier alpha value is -2.05. The molecule has 1 heterocycles. The van der Waals surface area contributed by atoms with Gasteiger partial charge in [0.05, 0.1) is 31.0 Å². The molecule has 12 heteroatoms. The summed E-state index contributed by atoms with van der Waals surface area (Å²) >= 11 is 3.37. The van der Waals surface area contributed by atoms with Crippen LogP contribution in [0.4, 0.5) is 0 Å². The number of ether oxygens (including phenoxy) is 2. The Bertz CT molecular complexity index is 1220. The maximum atomic E-state index is 12.2. The number of Topliss-reactive ketones (excluding diaryl/α,β-unsaturated/α-hetero) is 1. The number of phenolic OH excluding ortho intramolecular Hbond substituents is 1. The van der Waals surface area contributed by atoms with Crippen molar-refractivity contribution in [1.82, 2.24) is 20.6 Å². The van der Waals surface area contributed by atoms with Crippen molar-refractivity contribution < 1.29 is 55.2 Å². The number of nitrogens with zero attached hydrogens (tertiary/aromatic N) is 3. The van der Waals surface area contributed by atoms with Crippen LogP contribution >= 0.6 is 23.5 Å². The van der Waals surface area contributed by atoms with Gasteiger partial charge in [-0.1, -0.05) is 37.6 Å². The standard InChI is InChI=1S/C28H36N4O5S2.Na.H/c1-5-7-23-24(13-12-22(19(3)33)27(23)34)37-14-6-15-38-21-10-8-20(9-11-21)16-25(18(2)28(35)36-4)39-17-26-29-31-32-30-26;;/h8-13,18,25,34H,5-7,14-17H2,1-4H3,(H,29,30,31,32);;/q;+1;-1. The maximum Gasteiger partial charge on any atom is 1.00 e. The molecule has 0 spiro atoms. The number of phenols is 1. The molecule has 0 bridgehead atoms. The van der Waals surface area contributed by atoms with Crippen LogP contribution in [0, 0.1) is 5.92 Å². The number of carbonyl (C=O) groups excluding carboxylic acids is 2. The summed E-state index contributed by atoms with van der Waals surface area (Å²) in [7, 11) is 1.41. The zero-order valence-corrected chi connectivity index (χ0v) is 27.4. The molecule has 0 aliphatic heterocycles. The van der Waals surface area contributed by atoms with E-state index in [-0.39, 0.29) is 59.7 Å². The first-order chi connectivity index (χ1) is 18.8. The third kappa shape index (κ3) is 10.1. The number of tetrazole rings is 1. The number of aromatic amines is 1. The number of nitrogens with one attached hydrogen (secondary N) is 1. The van der Waals surface area contributed by atoms with Crippen molar-refractivity contribution in [3.63, 3.8) is 0 Å². The minimum Gasteiger partial charge on any atom is -1.00 e. The topological polar surface area (TPSA) is 127 Å². The molecular weight excluding hydrogens is 559 g/mol. The van der Waals surface area contributed by atoms with Crippen molar-refractivity contribution in [3.8, 4) is 11.5 Å². The number of hydrogen-bond acceptors (Lipinski definition) is 10. The van der Waals surface area contributed by atoms with Crippen LogP contribution < -0.4 is 34.3 Å². The van der Waals surface area contributed by atoms with Gasteiger partial charge in [-0.05, 0) is 56.0 Å². The van der Waals surface area contributed by atoms with Gasteiger partial charge in [-0.25, -0.2) is 0 Å². The van der Waals surface area contributed by atoms with Gasteiger partial charge in [0.25, 0.3) is 0 Å². The maximum absolute atomic E-state index is 12.2. The first kappa shape index (κ1) is 34.2. The molecule has 9 nitrogen and oxygen atoms in total. The van der Waals surface area contributed by atoms with E-state index in [4.69, 9.17) is 9.47 Å². The van der Waals surface area contributed by atoms with Crippen molar-refractivity contribution in [2.75, 3.05) is 19.5 Å². The van der Waals surface area contributed by atoms with Gasteiger partial charge in [0.1, 0.15) is 11.5 Å². The van der Waals surface area contributed by atoms with Crippen LogP contribution in [0.2, 0.25) is 0 Å². The fraction of sp³-hybridized carbons (Fsp3) is 0.464. The molecule has 40 heavy (non-hydrogen) atoms. The van der Waals surface area contributed by atoms with Gasteiger partial charge in [-0.3, -0.25) is 9.59 Å². The van der Waals surface area contributed by atoms with E-state index in [1.807, 2.05) is 13.8 Å². The molecule has 2 aromatic carbocycles. The molecule has 2 N–H and O–H groups in total. The third-order valence-electron chi connectivity index (χ3n) is 6.24. The van der Waals surface area contributed by atoms with Gasteiger partial charge in [-0.2, -0.15) is 5.21 Å². The van der Waals surface area contributed by atoms with E-state index in [1.165, 1.54) is 14.0 Å². The molecule has 0 saturated carbocycles. The predicted octanol–water partition coefficient (Wildman–Crippen LogP) is 2.39. The zero-order chi connectivity index (χ0) is 28.2. The molecule has 3 aromatic rings. The van der Waals surface area contributed by atoms with E-state index in [0.29, 0.717) is 47.9 Å². The SMILES string of the molecule is CCCc1c(OCCCSc2ccc(CC(SCc3nn[nH]n3)C(C)C(=O)OC)cc2)ccc(C(C)=O)c1O.[H-].[Na+]. The Labute approximate surface area is 267 Å². The number of rotatable bonds is 16. The smallest absolute Gasteiger partial charge is 1.00 e. The number of esters is 1. The van der Waals surface area contributed by atoms with Crippen molar-refractivity contribution in [2.45, 2.75) is 62.4 Å². The Morgan fingerprint density at radius 3 is 2.55 bits per heavy atom. The summed E-state index contributed by atoms with van der Waals surface area (Å²) in [6.45, 7) is 5.88. The second-order valence-corrected chi connectivity index (χ2v) is 11.5. The van der Waals surface area contributed by atoms with Crippen LogP contribution in [0.15, 0.2) is 41.3 Å². The van der Waals surface area contributed by atoms with Crippen LogP contribution in [0.25, 0.3) is 0 Å². The number of methoxy groups -OCH3 is 1. The molecule has 0 aliphatic carbocycles. The van der Waals surface area contributed by atoms with E-state index in [9.17, 15) is 14.7 Å². The molecule has 2 unspecified atom stereocenters. The van der Waals surface area contributed by atoms with Crippen LogP contribution in [0.1, 0.15) is 62.3 Å². The summed E-state index contributed by atoms with van der Waals surface area (Å²) in [6, 6.07) is 11.8. The molecular formula is C28H37N4NaO5S2. The van der Waals surface area contributed by atoms with Crippen LogP contribution in [-0.2, 0) is 28.1 Å². The largest absolute Gasteiger partial charge is 1.00 e. The first-order valence-electron chi connectivity index (χ1n) is 13.0. The van der Waals surface area contributed by atoms with Crippen molar-refractivity contribution in [2.24, 2.45) is 5.92 Å². The fourth-order valence-electron chi connectivity index (χ4n) is 4.06. The predicted molar refractivity (Wildman–Crippen MR) is 155 cm³/mol. The molecule has 2 atom stereocenters. The Morgan fingerprint density at radius 2 is 1.93 bits per heavy atom. The Balaban J connectivity index is 0.00000420. The average molecular weight is 597 g/mol. The second kappa shape index (κ2) is 17.7. The van der Waals surface area contributed by atoms with E-state index >= 15 is 0 Å². The van der Waals surface area contributed by atoms with Gasteiger partial charge >= 0.3 is 35.5 Å². The molecule has 0 fully saturated rings. The summed E-state index contributed by atoms with van der Waals surface area (Å²) in [4.78, 5) is 25.1. The molecule has 1 aromatic heterocycles.